The molecule has 3 rings (SSSR count). The first-order valence-corrected chi connectivity index (χ1v) is 13.6. The molecular formula is C30H41N5O4. The van der Waals surface area contributed by atoms with Gasteiger partial charge in [-0.1, -0.05) is 74.5 Å². The molecule has 39 heavy (non-hydrogen) atoms. The van der Waals surface area contributed by atoms with E-state index in [9.17, 15) is 19.2 Å². The molecule has 0 radical (unpaired) electrons. The Hall–Kier alpha value is -3.72. The van der Waals surface area contributed by atoms with E-state index >= 15 is 0 Å². The van der Waals surface area contributed by atoms with E-state index in [-0.39, 0.29) is 30.2 Å². The predicted molar refractivity (Wildman–Crippen MR) is 150 cm³/mol. The number of likely N-dealkylation sites (N-methyl/N-ethyl adjacent to an activating group) is 1. The molecule has 210 valence electrons. The zero-order valence-corrected chi connectivity index (χ0v) is 23.4. The van der Waals surface area contributed by atoms with Crippen LogP contribution in [0.1, 0.15) is 38.3 Å². The molecule has 2 aromatic rings. The fourth-order valence-electron chi connectivity index (χ4n) is 4.63. The third-order valence-electron chi connectivity index (χ3n) is 7.00. The lowest BCUT2D eigenvalue weighted by Crippen LogP contribution is -2.57. The van der Waals surface area contributed by atoms with Crippen molar-refractivity contribution in [3.8, 4) is 0 Å². The topological polar surface area (TPSA) is 111 Å². The Kier molecular flexibility index (Phi) is 11.0. The van der Waals surface area contributed by atoms with E-state index < -0.39 is 24.0 Å². The van der Waals surface area contributed by atoms with Crippen molar-refractivity contribution in [2.75, 3.05) is 26.7 Å². The van der Waals surface area contributed by atoms with E-state index in [1.54, 1.807) is 0 Å². The number of carbonyl (C=O) groups excluding carboxylic acids is 4. The highest BCUT2D eigenvalue weighted by Crippen LogP contribution is 2.12. The van der Waals surface area contributed by atoms with Gasteiger partial charge >= 0.3 is 0 Å². The molecule has 1 saturated heterocycles. The Morgan fingerprint density at radius 3 is 2.10 bits per heavy atom. The van der Waals surface area contributed by atoms with Gasteiger partial charge in [-0.2, -0.15) is 0 Å². The monoisotopic (exact) mass is 535 g/mol. The maximum Gasteiger partial charge on any atom is 0.245 e. The quantitative estimate of drug-likeness (QED) is 0.540. The highest BCUT2D eigenvalue weighted by atomic mass is 16.2. The Labute approximate surface area is 231 Å². The molecule has 2 aromatic carbocycles. The molecular weight excluding hydrogens is 494 g/mol. The van der Waals surface area contributed by atoms with Crippen LogP contribution in [-0.4, -0.2) is 78.2 Å². The predicted octanol–water partition coefficient (Wildman–Crippen LogP) is 1.72. The standard InChI is InChI=1S/C30H41N5O4/c1-21(2)27-30(39)34(4)20-26(36)32-25(18-23-12-7-5-8-13-23)29(38)31-16-11-17-35(22(3)28(37)33-27)19-24-14-9-6-10-15-24/h5-10,12-15,21-22,25,27H,11,16-20H2,1-4H3,(H,31,38)(H,32,36)(H,33,37)/t22-,25+,27+/m1/s1. The summed E-state index contributed by atoms with van der Waals surface area (Å²) in [5.74, 6) is -1.52. The van der Waals surface area contributed by atoms with Crippen LogP contribution in [0, 0.1) is 5.92 Å². The molecule has 4 amide bonds. The van der Waals surface area contributed by atoms with Crippen molar-refractivity contribution in [1.29, 1.82) is 0 Å². The summed E-state index contributed by atoms with van der Waals surface area (Å²) >= 11 is 0. The molecule has 0 aliphatic carbocycles. The number of hydrogen-bond acceptors (Lipinski definition) is 5. The lowest BCUT2D eigenvalue weighted by atomic mass is 10.0. The Morgan fingerprint density at radius 1 is 0.872 bits per heavy atom. The number of nitrogens with zero attached hydrogens (tertiary/aromatic N) is 2. The molecule has 3 N–H and O–H groups in total. The van der Waals surface area contributed by atoms with Crippen LogP contribution in [0.2, 0.25) is 0 Å². The molecule has 9 nitrogen and oxygen atoms in total. The number of benzene rings is 2. The lowest BCUT2D eigenvalue weighted by Gasteiger charge is -2.32. The van der Waals surface area contributed by atoms with Gasteiger partial charge in [0.2, 0.25) is 23.6 Å². The largest absolute Gasteiger partial charge is 0.354 e. The van der Waals surface area contributed by atoms with Crippen LogP contribution in [0.4, 0.5) is 0 Å². The van der Waals surface area contributed by atoms with Crippen molar-refractivity contribution in [2.24, 2.45) is 5.92 Å². The van der Waals surface area contributed by atoms with Gasteiger partial charge in [-0.25, -0.2) is 0 Å². The highest BCUT2D eigenvalue weighted by Gasteiger charge is 2.32. The van der Waals surface area contributed by atoms with Gasteiger partial charge in [-0.3, -0.25) is 24.1 Å². The summed E-state index contributed by atoms with van der Waals surface area (Å²) in [6, 6.07) is 17.3. The van der Waals surface area contributed by atoms with E-state index in [1.807, 2.05) is 81.4 Å². The number of rotatable bonds is 5. The number of amides is 4. The summed E-state index contributed by atoms with van der Waals surface area (Å²) < 4.78 is 0. The van der Waals surface area contributed by atoms with Gasteiger partial charge in [0.15, 0.2) is 0 Å². The van der Waals surface area contributed by atoms with Crippen LogP contribution in [0.25, 0.3) is 0 Å². The van der Waals surface area contributed by atoms with Crippen LogP contribution in [-0.2, 0) is 32.1 Å². The fourth-order valence-corrected chi connectivity index (χ4v) is 4.63. The van der Waals surface area contributed by atoms with E-state index in [2.05, 4.69) is 20.9 Å². The molecule has 0 spiro atoms. The van der Waals surface area contributed by atoms with Gasteiger partial charge < -0.3 is 20.9 Å². The van der Waals surface area contributed by atoms with Crippen molar-refractivity contribution in [1.82, 2.24) is 25.8 Å². The summed E-state index contributed by atoms with van der Waals surface area (Å²) in [4.78, 5) is 56.1. The first-order chi connectivity index (χ1) is 18.7. The second kappa shape index (κ2) is 14.4. The minimum Gasteiger partial charge on any atom is -0.354 e. The Morgan fingerprint density at radius 2 is 1.49 bits per heavy atom. The SMILES string of the molecule is CC(C)[C@@H]1NC(=O)[C@@H](C)N(Cc2ccccc2)CCCNC(=O)[C@H](Cc2ccccc2)NC(=O)CN(C)C1=O. The maximum absolute atomic E-state index is 13.3. The van der Waals surface area contributed by atoms with Gasteiger partial charge in [-0.15, -0.1) is 0 Å². The van der Waals surface area contributed by atoms with Crippen LogP contribution >= 0.6 is 0 Å². The van der Waals surface area contributed by atoms with Crippen molar-refractivity contribution < 1.29 is 19.2 Å². The average molecular weight is 536 g/mol. The van der Waals surface area contributed by atoms with E-state index in [1.165, 1.54) is 11.9 Å². The van der Waals surface area contributed by atoms with Gasteiger partial charge in [-0.05, 0) is 30.4 Å². The van der Waals surface area contributed by atoms with Gasteiger partial charge in [0, 0.05) is 33.1 Å². The molecule has 1 aliphatic rings. The minimum atomic E-state index is -0.785. The third-order valence-corrected chi connectivity index (χ3v) is 7.00. The molecule has 0 unspecified atom stereocenters. The molecule has 0 saturated carbocycles. The van der Waals surface area contributed by atoms with Crippen LogP contribution < -0.4 is 16.0 Å². The first kappa shape index (κ1) is 29.8. The number of carbonyl (C=O) groups is 4. The fraction of sp³-hybridized carbons (Fsp3) is 0.467. The van der Waals surface area contributed by atoms with E-state index in [0.29, 0.717) is 32.5 Å². The normalized spacial score (nSPS) is 22.8. The number of hydrogen-bond donors (Lipinski definition) is 3. The van der Waals surface area contributed by atoms with Gasteiger partial charge in [0.05, 0.1) is 12.6 Å². The van der Waals surface area contributed by atoms with Crippen LogP contribution in [0.5, 0.6) is 0 Å². The van der Waals surface area contributed by atoms with Crippen LogP contribution in [0.15, 0.2) is 60.7 Å². The van der Waals surface area contributed by atoms with Gasteiger partial charge in [0.1, 0.15) is 12.1 Å². The van der Waals surface area contributed by atoms with Crippen molar-refractivity contribution in [3.63, 3.8) is 0 Å². The summed E-state index contributed by atoms with van der Waals surface area (Å²) in [7, 11) is 1.53. The molecule has 1 aliphatic heterocycles. The molecule has 0 aromatic heterocycles. The molecule has 0 bridgehead atoms. The Balaban J connectivity index is 1.85. The molecule has 9 heteroatoms. The molecule has 3 atom stereocenters. The molecule has 1 fully saturated rings. The second-order valence-electron chi connectivity index (χ2n) is 10.5. The van der Waals surface area contributed by atoms with E-state index in [4.69, 9.17) is 0 Å². The second-order valence-corrected chi connectivity index (χ2v) is 10.5. The van der Waals surface area contributed by atoms with Crippen LogP contribution in [0.3, 0.4) is 0 Å². The zero-order valence-electron chi connectivity index (χ0n) is 23.4. The minimum absolute atomic E-state index is 0.183. The maximum atomic E-state index is 13.3. The highest BCUT2D eigenvalue weighted by molar-refractivity contribution is 5.93. The summed E-state index contributed by atoms with van der Waals surface area (Å²) in [5.41, 5.74) is 1.99. The summed E-state index contributed by atoms with van der Waals surface area (Å²) in [5, 5.41) is 8.69. The zero-order chi connectivity index (χ0) is 28.4. The van der Waals surface area contributed by atoms with Crippen molar-refractivity contribution >= 4 is 23.6 Å². The van der Waals surface area contributed by atoms with Crippen molar-refractivity contribution in [2.45, 2.75) is 58.3 Å². The van der Waals surface area contributed by atoms with Gasteiger partial charge in [0.25, 0.3) is 0 Å². The van der Waals surface area contributed by atoms with Crippen molar-refractivity contribution in [3.05, 3.63) is 71.8 Å². The van der Waals surface area contributed by atoms with E-state index in [0.717, 1.165) is 11.1 Å². The molecule has 1 heterocycles. The smallest absolute Gasteiger partial charge is 0.245 e. The lowest BCUT2D eigenvalue weighted by molar-refractivity contribution is -0.140. The third kappa shape index (κ3) is 8.92. The first-order valence-electron chi connectivity index (χ1n) is 13.6. The Bertz CT molecular complexity index is 1110. The summed E-state index contributed by atoms with van der Waals surface area (Å²) in [6.07, 6.45) is 0.940. The number of nitrogens with one attached hydrogen (secondary N) is 3. The summed E-state index contributed by atoms with van der Waals surface area (Å²) in [6.45, 7) is 6.83. The average Bonchev–Trinajstić information content (AvgIpc) is 2.92.